The first-order chi connectivity index (χ1) is 19.5. The summed E-state index contributed by atoms with van der Waals surface area (Å²) in [6.07, 6.45) is 5.01. The van der Waals surface area contributed by atoms with Gasteiger partial charge in [0.15, 0.2) is 5.65 Å². The fourth-order valence-electron chi connectivity index (χ4n) is 5.54. The first-order valence-corrected chi connectivity index (χ1v) is 14.5. The standard InChI is InChI=1S/C33H41N5O2/c1-4-40-32(39)33(2,3)29-25-38-30(34-29)19-18-28(35-38)17-11-12-20-36-21-23-37(24-22-36)31(26-13-7-5-8-14-26)27-15-9-6-10-16-27/h5-10,13-16,18-19,25,31H,4,11-12,17,20-24H2,1-3H3. The molecule has 0 atom stereocenters. The van der Waals surface area contributed by atoms with Gasteiger partial charge in [-0.15, -0.1) is 0 Å². The first kappa shape index (κ1) is 28.0. The number of aryl methyl sites for hydroxylation is 1. The molecule has 5 rings (SSSR count). The first-order valence-electron chi connectivity index (χ1n) is 14.5. The van der Waals surface area contributed by atoms with E-state index in [0.717, 1.165) is 63.3 Å². The maximum Gasteiger partial charge on any atom is 0.317 e. The van der Waals surface area contributed by atoms with Crippen molar-refractivity contribution in [1.29, 1.82) is 0 Å². The van der Waals surface area contributed by atoms with Crippen LogP contribution in [0.25, 0.3) is 5.65 Å². The number of piperazine rings is 1. The van der Waals surface area contributed by atoms with Crippen molar-refractivity contribution < 1.29 is 9.53 Å². The van der Waals surface area contributed by atoms with E-state index in [2.05, 4.69) is 81.5 Å². The minimum atomic E-state index is -0.809. The third-order valence-corrected chi connectivity index (χ3v) is 7.96. The molecule has 210 valence electrons. The Morgan fingerprint density at radius 3 is 2.17 bits per heavy atom. The lowest BCUT2D eigenvalue weighted by molar-refractivity contribution is -0.148. The Morgan fingerprint density at radius 1 is 0.900 bits per heavy atom. The maximum atomic E-state index is 12.4. The highest BCUT2D eigenvalue weighted by Crippen LogP contribution is 2.29. The number of benzene rings is 2. The average molecular weight is 540 g/mol. The minimum absolute atomic E-state index is 0.268. The summed E-state index contributed by atoms with van der Waals surface area (Å²) >= 11 is 0. The van der Waals surface area contributed by atoms with E-state index in [1.807, 2.05) is 33.0 Å². The van der Waals surface area contributed by atoms with Gasteiger partial charge in [-0.1, -0.05) is 60.7 Å². The van der Waals surface area contributed by atoms with E-state index in [1.165, 1.54) is 11.1 Å². The Morgan fingerprint density at radius 2 is 1.55 bits per heavy atom. The van der Waals surface area contributed by atoms with Crippen LogP contribution < -0.4 is 0 Å². The second kappa shape index (κ2) is 12.7. The van der Waals surface area contributed by atoms with Crippen molar-refractivity contribution in [2.45, 2.75) is 51.5 Å². The second-order valence-electron chi connectivity index (χ2n) is 11.2. The number of carbonyl (C=O) groups is 1. The van der Waals surface area contributed by atoms with Crippen LogP contribution in [-0.4, -0.2) is 69.7 Å². The van der Waals surface area contributed by atoms with E-state index in [9.17, 15) is 4.79 Å². The number of imidazole rings is 1. The van der Waals surface area contributed by atoms with Gasteiger partial charge in [0.1, 0.15) is 5.41 Å². The van der Waals surface area contributed by atoms with Crippen LogP contribution >= 0.6 is 0 Å². The van der Waals surface area contributed by atoms with Crippen LogP contribution in [0.1, 0.15) is 62.2 Å². The highest BCUT2D eigenvalue weighted by atomic mass is 16.5. The van der Waals surface area contributed by atoms with Crippen molar-refractivity contribution in [2.75, 3.05) is 39.3 Å². The molecule has 4 aromatic rings. The van der Waals surface area contributed by atoms with E-state index in [-0.39, 0.29) is 5.97 Å². The molecule has 40 heavy (non-hydrogen) atoms. The summed E-state index contributed by atoms with van der Waals surface area (Å²) in [5, 5.41) is 4.77. The van der Waals surface area contributed by atoms with Gasteiger partial charge in [-0.05, 0) is 69.8 Å². The molecule has 0 amide bonds. The Bertz CT molecular complexity index is 1340. The number of hydrogen-bond donors (Lipinski definition) is 0. The summed E-state index contributed by atoms with van der Waals surface area (Å²) < 4.78 is 7.03. The molecule has 1 fully saturated rings. The Hall–Kier alpha value is -3.55. The normalized spacial score (nSPS) is 15.1. The zero-order valence-electron chi connectivity index (χ0n) is 24.0. The van der Waals surface area contributed by atoms with Crippen LogP contribution in [0.15, 0.2) is 79.0 Å². The maximum absolute atomic E-state index is 12.4. The molecular weight excluding hydrogens is 498 g/mol. The molecule has 0 saturated carbocycles. The number of hydrogen-bond acceptors (Lipinski definition) is 6. The molecule has 1 aliphatic rings. The van der Waals surface area contributed by atoms with E-state index >= 15 is 0 Å². The van der Waals surface area contributed by atoms with Crippen LogP contribution in [0, 0.1) is 0 Å². The molecule has 0 bridgehead atoms. The lowest BCUT2D eigenvalue weighted by Gasteiger charge is -2.39. The third-order valence-electron chi connectivity index (χ3n) is 7.96. The summed E-state index contributed by atoms with van der Waals surface area (Å²) in [7, 11) is 0. The van der Waals surface area contributed by atoms with Crippen molar-refractivity contribution in [3.05, 3.63) is 102 Å². The summed E-state index contributed by atoms with van der Waals surface area (Å²) in [4.78, 5) is 22.3. The van der Waals surface area contributed by atoms with Gasteiger partial charge in [-0.25, -0.2) is 9.50 Å². The number of carbonyl (C=O) groups excluding carboxylic acids is 1. The van der Waals surface area contributed by atoms with Crippen molar-refractivity contribution in [1.82, 2.24) is 24.4 Å². The number of nitrogens with zero attached hydrogens (tertiary/aromatic N) is 5. The highest BCUT2D eigenvalue weighted by molar-refractivity contribution is 5.81. The van der Waals surface area contributed by atoms with E-state index < -0.39 is 5.41 Å². The molecule has 2 aromatic heterocycles. The average Bonchev–Trinajstić information content (AvgIpc) is 3.42. The molecule has 2 aromatic carbocycles. The topological polar surface area (TPSA) is 63.0 Å². The molecule has 7 heteroatoms. The Kier molecular flexibility index (Phi) is 8.92. The molecule has 1 saturated heterocycles. The quantitative estimate of drug-likeness (QED) is 0.190. The van der Waals surface area contributed by atoms with Gasteiger partial charge < -0.3 is 9.64 Å². The van der Waals surface area contributed by atoms with Crippen molar-refractivity contribution in [3.63, 3.8) is 0 Å². The van der Waals surface area contributed by atoms with Gasteiger partial charge in [-0.2, -0.15) is 5.10 Å². The van der Waals surface area contributed by atoms with Crippen molar-refractivity contribution in [3.8, 4) is 0 Å². The molecule has 0 spiro atoms. The van der Waals surface area contributed by atoms with Crippen LogP contribution in [0.5, 0.6) is 0 Å². The lowest BCUT2D eigenvalue weighted by Crippen LogP contribution is -2.48. The fraction of sp³-hybridized carbons (Fsp3) is 0.424. The Labute approximate surface area is 237 Å². The largest absolute Gasteiger partial charge is 0.465 e. The van der Waals surface area contributed by atoms with Gasteiger partial charge in [0.05, 0.1) is 30.2 Å². The van der Waals surface area contributed by atoms with Gasteiger partial charge in [0, 0.05) is 26.2 Å². The lowest BCUT2D eigenvalue weighted by atomic mass is 9.90. The number of ether oxygens (including phenoxy) is 1. The Balaban J connectivity index is 1.12. The fourth-order valence-corrected chi connectivity index (χ4v) is 5.54. The zero-order valence-corrected chi connectivity index (χ0v) is 24.0. The van der Waals surface area contributed by atoms with Gasteiger partial charge in [0.25, 0.3) is 0 Å². The van der Waals surface area contributed by atoms with Crippen LogP contribution in [0.4, 0.5) is 0 Å². The third kappa shape index (κ3) is 6.43. The highest BCUT2D eigenvalue weighted by Gasteiger charge is 2.34. The van der Waals surface area contributed by atoms with Crippen LogP contribution in [0.2, 0.25) is 0 Å². The minimum Gasteiger partial charge on any atom is -0.465 e. The zero-order chi connectivity index (χ0) is 28.0. The smallest absolute Gasteiger partial charge is 0.317 e. The molecule has 0 aliphatic carbocycles. The predicted octanol–water partition coefficient (Wildman–Crippen LogP) is 5.30. The summed E-state index contributed by atoms with van der Waals surface area (Å²) in [6.45, 7) is 11.3. The van der Waals surface area contributed by atoms with Gasteiger partial charge >= 0.3 is 5.97 Å². The number of fused-ring (bicyclic) bond motifs is 1. The van der Waals surface area contributed by atoms with Crippen LogP contribution in [-0.2, 0) is 21.4 Å². The van der Waals surface area contributed by atoms with Gasteiger partial charge in [-0.3, -0.25) is 9.69 Å². The summed E-state index contributed by atoms with van der Waals surface area (Å²) in [5.41, 5.74) is 4.39. The van der Waals surface area contributed by atoms with E-state index in [0.29, 0.717) is 18.3 Å². The second-order valence-corrected chi connectivity index (χ2v) is 11.2. The number of aromatic nitrogens is 3. The molecule has 3 heterocycles. The van der Waals surface area contributed by atoms with Crippen molar-refractivity contribution >= 4 is 11.6 Å². The SMILES string of the molecule is CCOC(=O)C(C)(C)c1cn2nc(CCCCN3CCN(C(c4ccccc4)c4ccccc4)CC3)ccc2n1. The van der Waals surface area contributed by atoms with Gasteiger partial charge in [0.2, 0.25) is 0 Å². The number of unbranched alkanes of at least 4 members (excludes halogenated alkanes) is 1. The van der Waals surface area contributed by atoms with Crippen LogP contribution in [0.3, 0.4) is 0 Å². The number of esters is 1. The summed E-state index contributed by atoms with van der Waals surface area (Å²) in [5.74, 6) is -0.268. The summed E-state index contributed by atoms with van der Waals surface area (Å²) in [6, 6.07) is 26.1. The molecule has 7 nitrogen and oxygen atoms in total. The molecule has 0 radical (unpaired) electrons. The molecule has 0 N–H and O–H groups in total. The molecule has 0 unspecified atom stereocenters. The van der Waals surface area contributed by atoms with Crippen molar-refractivity contribution in [2.24, 2.45) is 0 Å². The predicted molar refractivity (Wildman–Crippen MR) is 158 cm³/mol. The molecular formula is C33H41N5O2. The van der Waals surface area contributed by atoms with E-state index in [1.54, 1.807) is 4.52 Å². The monoisotopic (exact) mass is 539 g/mol. The number of rotatable bonds is 11. The molecule has 1 aliphatic heterocycles. The van der Waals surface area contributed by atoms with E-state index in [4.69, 9.17) is 9.84 Å².